The minimum atomic E-state index is -2.30. The first kappa shape index (κ1) is 9.48. The monoisotopic (exact) mass is 171 g/mol. The molecule has 60 valence electrons. The van der Waals surface area contributed by atoms with Gasteiger partial charge in [-0.2, -0.15) is 0 Å². The predicted octanol–water partition coefficient (Wildman–Crippen LogP) is 0.0252. The van der Waals surface area contributed by atoms with Crippen LogP contribution in [0.3, 0.4) is 0 Å². The van der Waals surface area contributed by atoms with Gasteiger partial charge in [-0.25, -0.2) is 4.39 Å². The van der Waals surface area contributed by atoms with Gasteiger partial charge < -0.3 is 0 Å². The second kappa shape index (κ2) is 3.04. The van der Waals surface area contributed by atoms with E-state index in [-0.39, 0.29) is 16.7 Å². The van der Waals surface area contributed by atoms with E-state index in [1.165, 1.54) is 6.92 Å². The van der Waals surface area contributed by atoms with Crippen LogP contribution in [0.5, 0.6) is 0 Å². The molecule has 0 aliphatic carbocycles. The van der Waals surface area contributed by atoms with E-state index in [0.717, 1.165) is 0 Å². The van der Waals surface area contributed by atoms with Crippen LogP contribution in [0.2, 0.25) is 0 Å². The third-order valence-corrected chi connectivity index (χ3v) is 2.40. The second-order valence-electron chi connectivity index (χ2n) is 2.09. The molecule has 0 aromatic rings. The lowest BCUT2D eigenvalue weighted by Crippen LogP contribution is -2.39. The molecule has 0 radical (unpaired) electrons. The van der Waals surface area contributed by atoms with Crippen molar-refractivity contribution in [3.05, 3.63) is 0 Å². The minimum absolute atomic E-state index is 0.192. The first-order valence-electron chi connectivity index (χ1n) is 2.77. The molecule has 0 saturated carbocycles. The van der Waals surface area contributed by atoms with Crippen LogP contribution in [0, 0.1) is 0 Å². The molecule has 0 bridgehead atoms. The fraction of sp³-hybridized carbons (Fsp3) is 0.750. The molecule has 0 aliphatic rings. The Kier molecular flexibility index (Phi) is 2.88. The van der Waals surface area contributed by atoms with Gasteiger partial charge >= 0.3 is 5.91 Å². The normalized spacial score (nSPS) is 16.4. The number of alkyl halides is 1. The van der Waals surface area contributed by atoms with Crippen LogP contribution in [-0.4, -0.2) is 26.8 Å². The summed E-state index contributed by atoms with van der Waals surface area (Å²) in [4.78, 5) is 10.2. The number of hydrogen-bond donors (Lipinski definition) is 0. The fourth-order valence-corrected chi connectivity index (χ4v) is 0.496. The van der Waals surface area contributed by atoms with Gasteiger partial charge in [0.2, 0.25) is 0 Å². The van der Waals surface area contributed by atoms with E-state index in [1.54, 1.807) is 0 Å². The molecule has 1 amide bonds. The Morgan fingerprint density at radius 2 is 2.10 bits per heavy atom. The summed E-state index contributed by atoms with van der Waals surface area (Å²) in [6, 6.07) is 0. The predicted molar refractivity (Wildman–Crippen MR) is 33.1 cm³/mol. The summed E-state index contributed by atoms with van der Waals surface area (Å²) in [5.74, 6) is -1.73. The number of carbonyl (C=O) groups excluding carboxylic acids is 1. The standard InChI is InChI=1S/C4H8F3NOSi/c1-2-4(5,10)3(9)8(6)7/h2H2,1,10H3. The fourth-order valence-electron chi connectivity index (χ4n) is 0.327. The maximum absolute atomic E-state index is 12.7. The number of amides is 1. The average Bonchev–Trinajstić information content (AvgIpc) is 1.86. The van der Waals surface area contributed by atoms with Crippen molar-refractivity contribution in [2.45, 2.75) is 18.6 Å². The Labute approximate surface area is 59.3 Å². The zero-order valence-corrected chi connectivity index (χ0v) is 7.70. The molecule has 0 fully saturated rings. The van der Waals surface area contributed by atoms with Gasteiger partial charge in [0.1, 0.15) is 0 Å². The molecule has 6 heteroatoms. The van der Waals surface area contributed by atoms with Crippen molar-refractivity contribution in [2.75, 3.05) is 0 Å². The molecule has 0 heterocycles. The van der Waals surface area contributed by atoms with Crippen LogP contribution >= 0.6 is 0 Å². The van der Waals surface area contributed by atoms with Gasteiger partial charge in [0, 0.05) is 0 Å². The van der Waals surface area contributed by atoms with Gasteiger partial charge in [-0.05, 0) is 11.8 Å². The summed E-state index contributed by atoms with van der Waals surface area (Å²) in [7, 11) is -0.207. The molecule has 0 N–H and O–H groups in total. The van der Waals surface area contributed by atoms with E-state index >= 15 is 0 Å². The third-order valence-electron chi connectivity index (χ3n) is 1.26. The molecule has 0 aliphatic heterocycles. The summed E-state index contributed by atoms with van der Waals surface area (Å²) in [6.45, 7) is 1.36. The zero-order valence-electron chi connectivity index (χ0n) is 5.70. The number of hydrogen-bond acceptors (Lipinski definition) is 1. The molecule has 10 heavy (non-hydrogen) atoms. The van der Waals surface area contributed by atoms with Crippen molar-refractivity contribution in [1.29, 1.82) is 0 Å². The molecule has 1 unspecified atom stereocenters. The largest absolute Gasteiger partial charge is 0.316 e. The van der Waals surface area contributed by atoms with Crippen LogP contribution in [0.1, 0.15) is 13.3 Å². The third kappa shape index (κ3) is 2.01. The smallest absolute Gasteiger partial charge is 0.266 e. The van der Waals surface area contributed by atoms with E-state index in [0.29, 0.717) is 0 Å². The molecule has 2 nitrogen and oxygen atoms in total. The van der Waals surface area contributed by atoms with E-state index in [9.17, 15) is 18.1 Å². The van der Waals surface area contributed by atoms with Gasteiger partial charge in [-0.15, -0.1) is 0 Å². The van der Waals surface area contributed by atoms with Crippen molar-refractivity contribution < 1.29 is 18.1 Å². The molecule has 0 aromatic heterocycles. The first-order chi connectivity index (χ1) is 4.41. The van der Waals surface area contributed by atoms with E-state index in [4.69, 9.17) is 0 Å². The maximum Gasteiger partial charge on any atom is 0.316 e. The zero-order chi connectivity index (χ0) is 8.36. The Balaban J connectivity index is 4.19. The van der Waals surface area contributed by atoms with Crippen LogP contribution in [0.15, 0.2) is 0 Å². The maximum atomic E-state index is 12.7. The summed E-state index contributed by atoms with van der Waals surface area (Å²) in [5, 5.41) is -4.00. The lowest BCUT2D eigenvalue weighted by Gasteiger charge is -2.15. The number of halogens is 3. The molecular weight excluding hydrogens is 163 g/mol. The molecule has 0 rings (SSSR count). The topological polar surface area (TPSA) is 20.3 Å². The van der Waals surface area contributed by atoms with Gasteiger partial charge in [0.15, 0.2) is 5.29 Å². The van der Waals surface area contributed by atoms with Crippen LogP contribution in [0.4, 0.5) is 13.4 Å². The Hall–Kier alpha value is -0.523. The van der Waals surface area contributed by atoms with Crippen molar-refractivity contribution in [3.63, 3.8) is 0 Å². The van der Waals surface area contributed by atoms with Crippen molar-refractivity contribution >= 4 is 16.1 Å². The van der Waals surface area contributed by atoms with E-state index < -0.39 is 16.5 Å². The Bertz CT molecular complexity index is 138. The van der Waals surface area contributed by atoms with E-state index in [1.807, 2.05) is 0 Å². The second-order valence-corrected chi connectivity index (χ2v) is 3.67. The van der Waals surface area contributed by atoms with Crippen LogP contribution in [-0.2, 0) is 4.79 Å². The summed E-state index contributed by atoms with van der Waals surface area (Å²) in [6.07, 6.45) is -0.192. The SMILES string of the molecule is CCC(F)([SiH3])C(=O)N(F)F. The molecule has 0 spiro atoms. The molecular formula is C4H8F3NOSi. The summed E-state index contributed by atoms with van der Waals surface area (Å²) < 4.78 is 35.4. The van der Waals surface area contributed by atoms with Gasteiger partial charge in [-0.1, -0.05) is 15.9 Å². The van der Waals surface area contributed by atoms with Crippen molar-refractivity contribution in [1.82, 2.24) is 5.34 Å². The highest BCUT2D eigenvalue weighted by Gasteiger charge is 2.35. The number of nitrogens with zero attached hydrogens (tertiary/aromatic N) is 1. The summed E-state index contributed by atoms with van der Waals surface area (Å²) >= 11 is 0. The van der Waals surface area contributed by atoms with Crippen LogP contribution < -0.4 is 0 Å². The number of carbonyl (C=O) groups is 1. The lowest BCUT2D eigenvalue weighted by atomic mass is 10.3. The van der Waals surface area contributed by atoms with Crippen molar-refractivity contribution in [3.8, 4) is 0 Å². The Morgan fingerprint density at radius 3 is 2.20 bits per heavy atom. The summed E-state index contributed by atoms with van der Waals surface area (Å²) in [5.41, 5.74) is 0. The number of rotatable bonds is 2. The van der Waals surface area contributed by atoms with E-state index in [2.05, 4.69) is 0 Å². The highest BCUT2D eigenvalue weighted by atomic mass is 28.1. The highest BCUT2D eigenvalue weighted by molar-refractivity contribution is 6.26. The lowest BCUT2D eigenvalue weighted by molar-refractivity contribution is -0.195. The highest BCUT2D eigenvalue weighted by Crippen LogP contribution is 2.15. The Morgan fingerprint density at radius 1 is 1.70 bits per heavy atom. The first-order valence-corrected chi connectivity index (χ1v) is 3.77. The van der Waals surface area contributed by atoms with Crippen molar-refractivity contribution in [2.24, 2.45) is 0 Å². The minimum Gasteiger partial charge on any atom is -0.266 e. The molecule has 0 saturated heterocycles. The molecule has 0 aromatic carbocycles. The van der Waals surface area contributed by atoms with Crippen LogP contribution in [0.25, 0.3) is 0 Å². The van der Waals surface area contributed by atoms with Gasteiger partial charge in [-0.3, -0.25) is 4.79 Å². The molecule has 1 atom stereocenters. The quantitative estimate of drug-likeness (QED) is 0.424. The van der Waals surface area contributed by atoms with Gasteiger partial charge in [0.25, 0.3) is 0 Å². The average molecular weight is 171 g/mol. The van der Waals surface area contributed by atoms with Gasteiger partial charge in [0.05, 0.1) is 10.2 Å².